The number of hydrogen-bond donors (Lipinski definition) is 3. The first-order chi connectivity index (χ1) is 17.6. The lowest BCUT2D eigenvalue weighted by atomic mass is 9.92. The fourth-order valence-corrected chi connectivity index (χ4v) is 5.27. The summed E-state index contributed by atoms with van der Waals surface area (Å²) in [6, 6.07) is 4.96. The number of rotatable bonds is 11. The minimum atomic E-state index is -0.168. The van der Waals surface area contributed by atoms with Gasteiger partial charge in [-0.05, 0) is 44.2 Å². The average Bonchev–Trinajstić information content (AvgIpc) is 2.92. The summed E-state index contributed by atoms with van der Waals surface area (Å²) >= 11 is 0. The Morgan fingerprint density at radius 3 is 2.47 bits per heavy atom. The summed E-state index contributed by atoms with van der Waals surface area (Å²) in [6.45, 7) is 6.92. The molecule has 0 spiro atoms. The van der Waals surface area contributed by atoms with Gasteiger partial charge in [0, 0.05) is 49.7 Å². The molecule has 4 rings (SSSR count). The van der Waals surface area contributed by atoms with Crippen molar-refractivity contribution in [2.75, 3.05) is 51.0 Å². The summed E-state index contributed by atoms with van der Waals surface area (Å²) in [5.41, 5.74) is 0.784. The molecule has 1 aliphatic carbocycles. The van der Waals surface area contributed by atoms with Crippen LogP contribution in [0.1, 0.15) is 51.4 Å². The van der Waals surface area contributed by atoms with E-state index >= 15 is 0 Å². The monoisotopic (exact) mass is 496 g/mol. The summed E-state index contributed by atoms with van der Waals surface area (Å²) in [6.07, 6.45) is 11.1. The van der Waals surface area contributed by atoms with Gasteiger partial charge in [-0.2, -0.15) is 4.98 Å². The number of aromatic nitrogens is 2. The fourth-order valence-electron chi connectivity index (χ4n) is 5.27. The van der Waals surface area contributed by atoms with Crippen molar-refractivity contribution in [3.05, 3.63) is 24.8 Å². The molecule has 1 aromatic heterocycles. The Kier molecular flexibility index (Phi) is 9.22. The molecule has 0 atom stereocenters. The molecule has 9 heteroatoms. The van der Waals surface area contributed by atoms with Crippen LogP contribution in [0, 0.1) is 0 Å². The zero-order valence-electron chi connectivity index (χ0n) is 21.6. The largest absolute Gasteiger partial charge is 0.493 e. The van der Waals surface area contributed by atoms with Crippen LogP contribution >= 0.6 is 0 Å². The third-order valence-electron chi connectivity index (χ3n) is 7.28. The van der Waals surface area contributed by atoms with Gasteiger partial charge >= 0.3 is 0 Å². The maximum Gasteiger partial charge on any atom is 0.243 e. The minimum absolute atomic E-state index is 0.168. The van der Waals surface area contributed by atoms with Crippen LogP contribution < -0.4 is 25.4 Å². The smallest absolute Gasteiger partial charge is 0.243 e. The van der Waals surface area contributed by atoms with E-state index in [4.69, 9.17) is 19.4 Å². The Morgan fingerprint density at radius 2 is 1.78 bits per heavy atom. The van der Waals surface area contributed by atoms with Crippen LogP contribution in [0.15, 0.2) is 24.8 Å². The summed E-state index contributed by atoms with van der Waals surface area (Å²) in [5.74, 6) is 2.47. The van der Waals surface area contributed by atoms with Crippen LogP contribution in [0.25, 0.3) is 10.9 Å². The highest BCUT2D eigenvalue weighted by Crippen LogP contribution is 2.35. The number of carbonyl (C=O) groups excluding carboxylic acids is 1. The summed E-state index contributed by atoms with van der Waals surface area (Å²) in [4.78, 5) is 23.6. The number of nitrogens with zero attached hydrogens (tertiary/aromatic N) is 3. The maximum atomic E-state index is 11.3. The zero-order chi connectivity index (χ0) is 25.3. The number of piperidine rings is 1. The number of methoxy groups -OCH3 is 2. The predicted molar refractivity (Wildman–Crippen MR) is 144 cm³/mol. The van der Waals surface area contributed by atoms with E-state index in [1.165, 1.54) is 38.2 Å². The van der Waals surface area contributed by atoms with Gasteiger partial charge < -0.3 is 30.3 Å². The summed E-state index contributed by atoms with van der Waals surface area (Å²) < 4.78 is 11.1. The maximum absolute atomic E-state index is 11.3. The van der Waals surface area contributed by atoms with Gasteiger partial charge in [-0.25, -0.2) is 4.98 Å². The highest BCUT2D eigenvalue weighted by Gasteiger charge is 2.27. The molecule has 1 saturated heterocycles. The molecule has 2 heterocycles. The third kappa shape index (κ3) is 6.57. The number of fused-ring (bicyclic) bond motifs is 1. The highest BCUT2D eigenvalue weighted by molar-refractivity contribution is 5.93. The van der Waals surface area contributed by atoms with Crippen LogP contribution in [-0.2, 0) is 4.79 Å². The van der Waals surface area contributed by atoms with Crippen molar-refractivity contribution in [2.24, 2.45) is 0 Å². The van der Waals surface area contributed by atoms with Crippen LogP contribution in [0.2, 0.25) is 0 Å². The van der Waals surface area contributed by atoms with E-state index < -0.39 is 0 Å². The number of anilines is 2. The number of likely N-dealkylation sites (tertiary alicyclic amines) is 1. The first-order valence-electron chi connectivity index (χ1n) is 13.2. The standard InChI is InChI=1S/C27H40N6O3/c1-4-25(34)28-13-8-14-29-27-31-22-18-24(36-3)23(35-2)17-21(22)26(32-27)30-19-11-15-33(16-12-19)20-9-6-5-7-10-20/h4,17-20H,1,5-16H2,2-3H3,(H,28,34)(H2,29,30,31,32). The Labute approximate surface area is 214 Å². The zero-order valence-corrected chi connectivity index (χ0v) is 21.6. The van der Waals surface area contributed by atoms with Crippen molar-refractivity contribution in [3.63, 3.8) is 0 Å². The minimum Gasteiger partial charge on any atom is -0.493 e. The molecular formula is C27H40N6O3. The second-order valence-electron chi connectivity index (χ2n) is 9.64. The van der Waals surface area contributed by atoms with Gasteiger partial charge in [-0.1, -0.05) is 25.8 Å². The second kappa shape index (κ2) is 12.8. The molecule has 0 radical (unpaired) electrons. The van der Waals surface area contributed by atoms with Crippen molar-refractivity contribution < 1.29 is 14.3 Å². The molecule has 0 bridgehead atoms. The van der Waals surface area contributed by atoms with E-state index in [1.807, 2.05) is 12.1 Å². The molecule has 3 N–H and O–H groups in total. The molecule has 1 saturated carbocycles. The van der Waals surface area contributed by atoms with Crippen LogP contribution in [-0.4, -0.2) is 73.3 Å². The Balaban J connectivity index is 1.47. The molecule has 2 fully saturated rings. The molecule has 2 aromatic rings. The van der Waals surface area contributed by atoms with Gasteiger partial charge in [0.25, 0.3) is 0 Å². The van der Waals surface area contributed by atoms with Crippen LogP contribution in [0.5, 0.6) is 11.5 Å². The lowest BCUT2D eigenvalue weighted by molar-refractivity contribution is -0.116. The van der Waals surface area contributed by atoms with Crippen molar-refractivity contribution in [1.82, 2.24) is 20.2 Å². The first kappa shape index (κ1) is 26.0. The molecule has 36 heavy (non-hydrogen) atoms. The normalized spacial score (nSPS) is 17.5. The molecule has 1 aromatic carbocycles. The Bertz CT molecular complexity index is 1030. The van der Waals surface area contributed by atoms with Gasteiger partial charge in [0.05, 0.1) is 19.7 Å². The van der Waals surface area contributed by atoms with Crippen LogP contribution in [0.3, 0.4) is 0 Å². The number of benzene rings is 1. The van der Waals surface area contributed by atoms with Gasteiger partial charge in [-0.3, -0.25) is 4.79 Å². The molecule has 1 amide bonds. The number of hydrogen-bond acceptors (Lipinski definition) is 8. The third-order valence-corrected chi connectivity index (χ3v) is 7.28. The van der Waals surface area contributed by atoms with Gasteiger partial charge in [0.1, 0.15) is 5.82 Å². The topological polar surface area (TPSA) is 101 Å². The average molecular weight is 497 g/mol. The van der Waals surface area contributed by atoms with Gasteiger partial charge in [0.15, 0.2) is 11.5 Å². The van der Waals surface area contributed by atoms with Crippen LogP contribution in [0.4, 0.5) is 11.8 Å². The van der Waals surface area contributed by atoms with E-state index in [2.05, 4.69) is 27.4 Å². The van der Waals surface area contributed by atoms with Gasteiger partial charge in [0.2, 0.25) is 11.9 Å². The number of ether oxygens (including phenoxy) is 2. The second-order valence-corrected chi connectivity index (χ2v) is 9.64. The molecule has 0 unspecified atom stereocenters. The number of carbonyl (C=O) groups is 1. The van der Waals surface area contributed by atoms with E-state index in [-0.39, 0.29) is 5.91 Å². The van der Waals surface area contributed by atoms with E-state index in [9.17, 15) is 4.79 Å². The van der Waals surface area contributed by atoms with Crippen molar-refractivity contribution in [3.8, 4) is 11.5 Å². The first-order valence-corrected chi connectivity index (χ1v) is 13.2. The lowest BCUT2D eigenvalue weighted by Crippen LogP contribution is -2.45. The highest BCUT2D eigenvalue weighted by atomic mass is 16.5. The summed E-state index contributed by atoms with van der Waals surface area (Å²) in [5, 5.41) is 10.7. The predicted octanol–water partition coefficient (Wildman–Crippen LogP) is 3.96. The van der Waals surface area contributed by atoms with Gasteiger partial charge in [-0.15, -0.1) is 0 Å². The fraction of sp³-hybridized carbons (Fsp3) is 0.593. The molecule has 196 valence electrons. The molecule has 9 nitrogen and oxygen atoms in total. The SMILES string of the molecule is C=CC(=O)NCCCNc1nc(NC2CCN(C3CCCCC3)CC2)c2cc(OC)c(OC)cc2n1. The van der Waals surface area contributed by atoms with E-state index in [1.54, 1.807) is 14.2 Å². The Hall–Kier alpha value is -3.07. The molecular weight excluding hydrogens is 456 g/mol. The van der Waals surface area contributed by atoms with E-state index in [0.717, 1.165) is 55.1 Å². The van der Waals surface area contributed by atoms with Crippen molar-refractivity contribution in [1.29, 1.82) is 0 Å². The van der Waals surface area contributed by atoms with E-state index in [0.29, 0.717) is 36.6 Å². The molecule has 2 aliphatic rings. The summed E-state index contributed by atoms with van der Waals surface area (Å²) in [7, 11) is 3.26. The number of nitrogens with one attached hydrogen (secondary N) is 3. The van der Waals surface area contributed by atoms with Crippen molar-refractivity contribution >= 4 is 28.6 Å². The van der Waals surface area contributed by atoms with Crippen molar-refractivity contribution in [2.45, 2.75) is 63.5 Å². The lowest BCUT2D eigenvalue weighted by Gasteiger charge is -2.39. The Morgan fingerprint density at radius 1 is 1.06 bits per heavy atom. The molecule has 1 aliphatic heterocycles. The quantitative estimate of drug-likeness (QED) is 0.318. The number of amides is 1.